The minimum atomic E-state index is -1.11. The van der Waals surface area contributed by atoms with Crippen LogP contribution in [0.3, 0.4) is 0 Å². The van der Waals surface area contributed by atoms with Gasteiger partial charge in [0.25, 0.3) is 0 Å². The third-order valence-electron chi connectivity index (χ3n) is 1.08. The van der Waals surface area contributed by atoms with Crippen LogP contribution in [-0.2, 0) is 14.7 Å². The first-order valence-corrected chi connectivity index (χ1v) is 2.74. The van der Waals surface area contributed by atoms with Gasteiger partial charge in [0, 0.05) is 6.42 Å². The first-order valence-electron chi connectivity index (χ1n) is 2.74. The second-order valence-corrected chi connectivity index (χ2v) is 1.90. The van der Waals surface area contributed by atoms with E-state index in [9.17, 15) is 14.7 Å². The van der Waals surface area contributed by atoms with E-state index in [0.29, 0.717) is 6.42 Å². The van der Waals surface area contributed by atoms with Crippen molar-refractivity contribution in [2.24, 2.45) is 5.92 Å². The van der Waals surface area contributed by atoms with Gasteiger partial charge in [-0.15, -0.1) is 0 Å². The fraction of sp³-hybridized carbons (Fsp3) is 0.667. The van der Waals surface area contributed by atoms with E-state index in [1.807, 2.05) is 0 Å². The summed E-state index contributed by atoms with van der Waals surface area (Å²) in [6.07, 6.45) is 2.11. The first kappa shape index (κ1) is 8.14. The van der Waals surface area contributed by atoms with Crippen molar-refractivity contribution >= 4 is 12.3 Å². The molecule has 0 rings (SSSR count). The molecular weight excluding hydrogens is 120 g/mol. The van der Waals surface area contributed by atoms with Crippen LogP contribution in [0, 0.1) is 5.92 Å². The Bertz CT molecular complexity index is 109. The maximum absolute atomic E-state index is 9.96. The van der Waals surface area contributed by atoms with Gasteiger partial charge in [-0.1, -0.05) is 6.92 Å². The summed E-state index contributed by atoms with van der Waals surface area (Å²) in [4.78, 5) is 19.6. The van der Waals surface area contributed by atoms with E-state index in [1.165, 1.54) is 6.92 Å². The molecule has 0 saturated carbocycles. The average Bonchev–Trinajstić information content (AvgIpc) is 1.82. The molecule has 50 valence electrons. The van der Waals surface area contributed by atoms with Crippen LogP contribution in [0.2, 0.25) is 0 Å². The van der Waals surface area contributed by atoms with Crippen LogP contribution in [0.1, 0.15) is 19.8 Å². The lowest BCUT2D eigenvalue weighted by molar-refractivity contribution is -0.147. The highest BCUT2D eigenvalue weighted by Crippen LogP contribution is 2.02. The van der Waals surface area contributed by atoms with Gasteiger partial charge in [0.1, 0.15) is 0 Å². The molecule has 0 heterocycles. The molecule has 3 nitrogen and oxygen atoms in total. The fourth-order valence-corrected chi connectivity index (χ4v) is 0.393. The van der Waals surface area contributed by atoms with Crippen molar-refractivity contribution < 1.29 is 14.7 Å². The summed E-state index contributed by atoms with van der Waals surface area (Å²) in [5.74, 6) is -1.64. The zero-order chi connectivity index (χ0) is 7.28. The van der Waals surface area contributed by atoms with E-state index in [0.717, 1.165) is 0 Å². The van der Waals surface area contributed by atoms with E-state index in [1.54, 1.807) is 6.29 Å². The van der Waals surface area contributed by atoms with Gasteiger partial charge in [-0.25, -0.2) is 9.90 Å². The predicted molar refractivity (Wildman–Crippen MR) is 29.8 cm³/mol. The normalized spacial score (nSPS) is 12.6. The summed E-state index contributed by atoms with van der Waals surface area (Å²) in [5.41, 5.74) is 0. The molecule has 0 aromatic heterocycles. The van der Waals surface area contributed by atoms with Gasteiger partial charge in [0.2, 0.25) is 0 Å². The third-order valence-corrected chi connectivity index (χ3v) is 1.08. The Morgan fingerprint density at radius 2 is 2.22 bits per heavy atom. The molecule has 0 aromatic carbocycles. The molecule has 0 aliphatic rings. The fourth-order valence-electron chi connectivity index (χ4n) is 0.393. The zero-order valence-corrected chi connectivity index (χ0v) is 5.22. The van der Waals surface area contributed by atoms with Crippen LogP contribution in [-0.4, -0.2) is 12.3 Å². The molecule has 0 amide bonds. The summed E-state index contributed by atoms with van der Waals surface area (Å²) in [7, 11) is 0. The van der Waals surface area contributed by atoms with Crippen LogP contribution in [0.25, 0.3) is 0 Å². The molecule has 0 spiro atoms. The highest BCUT2D eigenvalue weighted by molar-refractivity contribution is 5.69. The number of carbonyl (C=O) groups is 1. The van der Waals surface area contributed by atoms with E-state index >= 15 is 0 Å². The van der Waals surface area contributed by atoms with Crippen LogP contribution < -0.4 is 0 Å². The molecule has 0 aromatic rings. The molecule has 2 radical (unpaired) electrons. The predicted octanol–water partition coefficient (Wildman–Crippen LogP) is 0.470. The summed E-state index contributed by atoms with van der Waals surface area (Å²) in [6, 6.07) is 0. The van der Waals surface area contributed by atoms with Crippen LogP contribution in [0.15, 0.2) is 0 Å². The Labute approximate surface area is 53.7 Å². The largest absolute Gasteiger partial charge is 0.358 e. The monoisotopic (exact) mass is 128 g/mol. The Balaban J connectivity index is 3.37. The van der Waals surface area contributed by atoms with Gasteiger partial charge in [0.15, 0.2) is 6.29 Å². The molecule has 0 aliphatic heterocycles. The Hall–Kier alpha value is -0.860. The van der Waals surface area contributed by atoms with E-state index in [2.05, 4.69) is 0 Å². The number of hydrogen-bond acceptors (Lipinski definition) is 2. The van der Waals surface area contributed by atoms with Crippen LogP contribution in [0.5, 0.6) is 0 Å². The Kier molecular flexibility index (Phi) is 3.67. The van der Waals surface area contributed by atoms with Gasteiger partial charge in [-0.2, -0.15) is 0 Å². The number of rotatable bonds is 4. The second kappa shape index (κ2) is 4.06. The van der Waals surface area contributed by atoms with E-state index in [-0.39, 0.29) is 6.42 Å². The van der Waals surface area contributed by atoms with Crippen molar-refractivity contribution in [2.75, 3.05) is 0 Å². The van der Waals surface area contributed by atoms with Crippen LogP contribution in [0.4, 0.5) is 0 Å². The van der Waals surface area contributed by atoms with Crippen molar-refractivity contribution in [3.8, 4) is 0 Å². The van der Waals surface area contributed by atoms with Gasteiger partial charge < -0.3 is 0 Å². The molecule has 1 atom stereocenters. The molecule has 0 N–H and O–H groups in total. The molecular formula is C6H8O3. The second-order valence-electron chi connectivity index (χ2n) is 1.90. The average molecular weight is 128 g/mol. The summed E-state index contributed by atoms with van der Waals surface area (Å²) >= 11 is 0. The lowest BCUT2D eigenvalue weighted by Crippen LogP contribution is -2.07. The highest BCUT2D eigenvalue weighted by Gasteiger charge is 2.11. The maximum Gasteiger partial charge on any atom is 0.358 e. The molecule has 1 unspecified atom stereocenters. The Morgan fingerprint density at radius 3 is 2.56 bits per heavy atom. The molecule has 0 bridgehead atoms. The van der Waals surface area contributed by atoms with Crippen molar-refractivity contribution in [1.29, 1.82) is 0 Å². The van der Waals surface area contributed by atoms with E-state index < -0.39 is 11.9 Å². The minimum absolute atomic E-state index is 0.176. The van der Waals surface area contributed by atoms with Crippen molar-refractivity contribution in [3.63, 3.8) is 0 Å². The summed E-state index contributed by atoms with van der Waals surface area (Å²) in [5, 5.41) is 9.96. The Morgan fingerprint density at radius 1 is 1.67 bits per heavy atom. The van der Waals surface area contributed by atoms with E-state index in [4.69, 9.17) is 0 Å². The maximum atomic E-state index is 9.96. The lowest BCUT2D eigenvalue weighted by atomic mass is 10.1. The zero-order valence-electron chi connectivity index (χ0n) is 5.22. The van der Waals surface area contributed by atoms with Crippen molar-refractivity contribution in [2.45, 2.75) is 19.8 Å². The minimum Gasteiger partial charge on any atom is -0.291 e. The quantitative estimate of drug-likeness (QED) is 0.552. The lowest BCUT2D eigenvalue weighted by Gasteiger charge is -1.96. The smallest absolute Gasteiger partial charge is 0.291 e. The van der Waals surface area contributed by atoms with Crippen LogP contribution >= 0.6 is 0 Å². The molecule has 0 saturated heterocycles. The molecule has 3 heteroatoms. The summed E-state index contributed by atoms with van der Waals surface area (Å²) in [6.45, 7) is 1.51. The molecule has 9 heavy (non-hydrogen) atoms. The van der Waals surface area contributed by atoms with Gasteiger partial charge in [0.05, 0.1) is 5.92 Å². The standard InChI is InChI=1S/C6H8O3/c1-5(6(8)9)3-2-4-7/h5H,2-3H2,1H3. The third kappa shape index (κ3) is 3.70. The van der Waals surface area contributed by atoms with Crippen molar-refractivity contribution in [1.82, 2.24) is 0 Å². The topological polar surface area (TPSA) is 54.0 Å². The van der Waals surface area contributed by atoms with Crippen molar-refractivity contribution in [3.05, 3.63) is 0 Å². The SMILES string of the molecule is CC(CC[C]=O)C([O])=O. The van der Waals surface area contributed by atoms with Gasteiger partial charge in [-0.3, -0.25) is 4.79 Å². The van der Waals surface area contributed by atoms with Gasteiger partial charge in [-0.05, 0) is 6.42 Å². The molecule has 0 aliphatic carbocycles. The number of carbonyl (C=O) groups excluding carboxylic acids is 2. The first-order chi connectivity index (χ1) is 4.18. The highest BCUT2D eigenvalue weighted by atomic mass is 16.4. The molecule has 0 fully saturated rings. The van der Waals surface area contributed by atoms with Gasteiger partial charge >= 0.3 is 5.97 Å². The number of hydrogen-bond donors (Lipinski definition) is 0. The summed E-state index contributed by atoms with van der Waals surface area (Å²) < 4.78 is 0.